The second kappa shape index (κ2) is 10.2. The SMILES string of the molecule is CC1CN(Cc2ccccc2CNC(=O)CNC(=O)c2ccccc2)CC(C)O1. The Hall–Kier alpha value is -2.70. The van der Waals surface area contributed by atoms with Crippen LogP contribution in [0.3, 0.4) is 0 Å². The number of nitrogens with zero attached hydrogens (tertiary/aromatic N) is 1. The van der Waals surface area contributed by atoms with Gasteiger partial charge in [-0.3, -0.25) is 14.5 Å². The highest BCUT2D eigenvalue weighted by Crippen LogP contribution is 2.17. The van der Waals surface area contributed by atoms with E-state index in [-0.39, 0.29) is 30.6 Å². The molecule has 1 aliphatic rings. The van der Waals surface area contributed by atoms with Gasteiger partial charge in [-0.2, -0.15) is 0 Å². The summed E-state index contributed by atoms with van der Waals surface area (Å²) in [5.74, 6) is -0.464. The number of rotatable bonds is 7. The van der Waals surface area contributed by atoms with Gasteiger partial charge in [0, 0.05) is 31.7 Å². The number of benzene rings is 2. The van der Waals surface area contributed by atoms with Crippen molar-refractivity contribution in [3.05, 3.63) is 71.3 Å². The van der Waals surface area contributed by atoms with Gasteiger partial charge in [-0.15, -0.1) is 0 Å². The molecular weight excluding hydrogens is 366 g/mol. The predicted molar refractivity (Wildman–Crippen MR) is 112 cm³/mol. The largest absolute Gasteiger partial charge is 0.373 e. The zero-order chi connectivity index (χ0) is 20.6. The molecule has 0 saturated carbocycles. The first kappa shape index (κ1) is 21.0. The highest BCUT2D eigenvalue weighted by atomic mass is 16.5. The Morgan fingerprint density at radius 2 is 1.55 bits per heavy atom. The molecule has 2 atom stereocenters. The molecule has 2 aromatic carbocycles. The monoisotopic (exact) mass is 395 g/mol. The lowest BCUT2D eigenvalue weighted by Crippen LogP contribution is -2.45. The Bertz CT molecular complexity index is 815. The van der Waals surface area contributed by atoms with Gasteiger partial charge in [0.05, 0.1) is 18.8 Å². The molecule has 2 amide bonds. The number of amides is 2. The van der Waals surface area contributed by atoms with Crippen molar-refractivity contribution in [3.63, 3.8) is 0 Å². The molecule has 3 rings (SSSR count). The number of hydrogen-bond acceptors (Lipinski definition) is 4. The molecule has 0 radical (unpaired) electrons. The summed E-state index contributed by atoms with van der Waals surface area (Å²) in [6.45, 7) is 7.21. The molecule has 1 saturated heterocycles. The summed E-state index contributed by atoms with van der Waals surface area (Å²) in [5, 5.41) is 5.56. The van der Waals surface area contributed by atoms with E-state index in [2.05, 4.69) is 35.4 Å². The van der Waals surface area contributed by atoms with Crippen LogP contribution in [0.2, 0.25) is 0 Å². The van der Waals surface area contributed by atoms with E-state index in [9.17, 15) is 9.59 Å². The van der Waals surface area contributed by atoms with Crippen LogP contribution in [-0.4, -0.2) is 48.6 Å². The molecule has 0 bridgehead atoms. The van der Waals surface area contributed by atoms with Gasteiger partial charge in [-0.1, -0.05) is 42.5 Å². The Kier molecular flexibility index (Phi) is 7.38. The minimum absolute atomic E-state index is 0.0472. The van der Waals surface area contributed by atoms with Crippen LogP contribution in [-0.2, 0) is 22.6 Å². The highest BCUT2D eigenvalue weighted by molar-refractivity contribution is 5.96. The van der Waals surface area contributed by atoms with E-state index in [1.165, 1.54) is 5.56 Å². The number of nitrogens with one attached hydrogen (secondary N) is 2. The molecule has 0 aromatic heterocycles. The Morgan fingerprint density at radius 3 is 2.24 bits per heavy atom. The molecule has 2 unspecified atom stereocenters. The Labute approximate surface area is 172 Å². The van der Waals surface area contributed by atoms with Gasteiger partial charge >= 0.3 is 0 Å². The lowest BCUT2D eigenvalue weighted by atomic mass is 10.1. The average Bonchev–Trinajstić information content (AvgIpc) is 2.71. The van der Waals surface area contributed by atoms with Gasteiger partial charge in [0.15, 0.2) is 0 Å². The van der Waals surface area contributed by atoms with E-state index >= 15 is 0 Å². The van der Waals surface area contributed by atoms with Gasteiger partial charge in [-0.25, -0.2) is 0 Å². The third kappa shape index (κ3) is 6.41. The smallest absolute Gasteiger partial charge is 0.251 e. The number of carbonyl (C=O) groups excluding carboxylic acids is 2. The summed E-state index contributed by atoms with van der Waals surface area (Å²) < 4.78 is 5.81. The number of hydrogen-bond donors (Lipinski definition) is 2. The minimum atomic E-state index is -0.253. The standard InChI is InChI=1S/C23H29N3O3/c1-17-14-26(15-18(2)29-17)16-21-11-7-6-10-20(21)12-24-22(27)13-25-23(28)19-8-4-3-5-9-19/h3-11,17-18H,12-16H2,1-2H3,(H,24,27)(H,25,28). The zero-order valence-electron chi connectivity index (χ0n) is 17.1. The molecule has 2 aromatic rings. The highest BCUT2D eigenvalue weighted by Gasteiger charge is 2.22. The fraction of sp³-hybridized carbons (Fsp3) is 0.391. The predicted octanol–water partition coefficient (Wildman–Crippen LogP) is 2.34. The van der Waals surface area contributed by atoms with Crippen molar-refractivity contribution < 1.29 is 14.3 Å². The number of ether oxygens (including phenoxy) is 1. The maximum Gasteiger partial charge on any atom is 0.251 e. The lowest BCUT2D eigenvalue weighted by molar-refractivity contribution is -0.120. The molecule has 1 heterocycles. The van der Waals surface area contributed by atoms with Gasteiger partial charge in [-0.05, 0) is 37.1 Å². The third-order valence-corrected chi connectivity index (χ3v) is 4.93. The normalized spacial score (nSPS) is 19.5. The first-order valence-electron chi connectivity index (χ1n) is 10.1. The van der Waals surface area contributed by atoms with Crippen LogP contribution >= 0.6 is 0 Å². The quantitative estimate of drug-likeness (QED) is 0.755. The maximum absolute atomic E-state index is 12.2. The summed E-state index contributed by atoms with van der Waals surface area (Å²) in [5.41, 5.74) is 2.82. The van der Waals surface area contributed by atoms with Crippen molar-refractivity contribution in [3.8, 4) is 0 Å². The summed E-state index contributed by atoms with van der Waals surface area (Å²) in [6, 6.07) is 17.0. The average molecular weight is 396 g/mol. The lowest BCUT2D eigenvalue weighted by Gasteiger charge is -2.35. The van der Waals surface area contributed by atoms with E-state index in [4.69, 9.17) is 4.74 Å². The Morgan fingerprint density at radius 1 is 0.931 bits per heavy atom. The fourth-order valence-corrected chi connectivity index (χ4v) is 3.65. The van der Waals surface area contributed by atoms with Crippen LogP contribution in [0.4, 0.5) is 0 Å². The van der Waals surface area contributed by atoms with Gasteiger partial charge in [0.1, 0.15) is 0 Å². The molecule has 154 valence electrons. The maximum atomic E-state index is 12.2. The van der Waals surface area contributed by atoms with Crippen molar-refractivity contribution in [2.75, 3.05) is 19.6 Å². The summed E-state index contributed by atoms with van der Waals surface area (Å²) in [6.07, 6.45) is 0.442. The van der Waals surface area contributed by atoms with Crippen molar-refractivity contribution >= 4 is 11.8 Å². The van der Waals surface area contributed by atoms with Gasteiger partial charge in [0.2, 0.25) is 5.91 Å². The van der Waals surface area contributed by atoms with Gasteiger partial charge in [0.25, 0.3) is 5.91 Å². The van der Waals surface area contributed by atoms with E-state index in [0.717, 1.165) is 25.2 Å². The molecular formula is C23H29N3O3. The second-order valence-electron chi connectivity index (χ2n) is 7.55. The summed E-state index contributed by atoms with van der Waals surface area (Å²) in [7, 11) is 0. The van der Waals surface area contributed by atoms with Crippen LogP contribution in [0.15, 0.2) is 54.6 Å². The second-order valence-corrected chi connectivity index (χ2v) is 7.55. The van der Waals surface area contributed by atoms with Crippen LogP contribution in [0, 0.1) is 0 Å². The molecule has 29 heavy (non-hydrogen) atoms. The molecule has 0 spiro atoms. The van der Waals surface area contributed by atoms with Gasteiger partial charge < -0.3 is 15.4 Å². The van der Waals surface area contributed by atoms with Crippen LogP contribution < -0.4 is 10.6 Å². The third-order valence-electron chi connectivity index (χ3n) is 4.93. The van der Waals surface area contributed by atoms with Crippen LogP contribution in [0.5, 0.6) is 0 Å². The van der Waals surface area contributed by atoms with E-state index < -0.39 is 0 Å². The van der Waals surface area contributed by atoms with Crippen molar-refractivity contribution in [2.24, 2.45) is 0 Å². The first-order chi connectivity index (χ1) is 14.0. The van der Waals surface area contributed by atoms with E-state index in [1.807, 2.05) is 24.3 Å². The van der Waals surface area contributed by atoms with Crippen LogP contribution in [0.1, 0.15) is 35.3 Å². The molecule has 1 aliphatic heterocycles. The van der Waals surface area contributed by atoms with Crippen LogP contribution in [0.25, 0.3) is 0 Å². The molecule has 1 fully saturated rings. The molecule has 0 aliphatic carbocycles. The topological polar surface area (TPSA) is 70.7 Å². The zero-order valence-corrected chi connectivity index (χ0v) is 17.1. The summed E-state index contributed by atoms with van der Waals surface area (Å²) in [4.78, 5) is 26.6. The summed E-state index contributed by atoms with van der Waals surface area (Å²) >= 11 is 0. The fourth-order valence-electron chi connectivity index (χ4n) is 3.65. The van der Waals surface area contributed by atoms with E-state index in [0.29, 0.717) is 12.1 Å². The van der Waals surface area contributed by atoms with Crippen molar-refractivity contribution in [1.29, 1.82) is 0 Å². The number of morpholine rings is 1. The number of carbonyl (C=O) groups is 2. The first-order valence-corrected chi connectivity index (χ1v) is 10.1. The van der Waals surface area contributed by atoms with Crippen molar-refractivity contribution in [1.82, 2.24) is 15.5 Å². The van der Waals surface area contributed by atoms with Crippen molar-refractivity contribution in [2.45, 2.75) is 39.1 Å². The van der Waals surface area contributed by atoms with E-state index in [1.54, 1.807) is 24.3 Å². The molecule has 2 N–H and O–H groups in total. The minimum Gasteiger partial charge on any atom is -0.373 e. The molecule has 6 heteroatoms. The Balaban J connectivity index is 1.50. The molecule has 6 nitrogen and oxygen atoms in total.